The van der Waals surface area contributed by atoms with Gasteiger partial charge in [0.25, 0.3) is 0 Å². The molecular formula is C40H35IrN3O-2. The molecule has 0 N–H and O–H groups in total. The fraction of sp³-hybridized carbons (Fsp3) is 0.175. The molecule has 0 saturated heterocycles. The van der Waals surface area contributed by atoms with Crippen molar-refractivity contribution < 1.29 is 28.6 Å². The zero-order valence-corrected chi connectivity index (χ0v) is 28.1. The molecule has 3 aromatic carbocycles. The maximum atomic E-state index is 7.65. The van der Waals surface area contributed by atoms with Crippen molar-refractivity contribution in [3.63, 3.8) is 0 Å². The first-order valence-electron chi connectivity index (χ1n) is 16.2. The molecular weight excluding hydrogens is 731 g/mol. The number of aryl methyl sites for hydroxylation is 2. The Bertz CT molecular complexity index is 2100. The van der Waals surface area contributed by atoms with E-state index in [0.717, 1.165) is 45.3 Å². The summed E-state index contributed by atoms with van der Waals surface area (Å²) in [6.45, 7) is 6.43. The second-order valence-corrected chi connectivity index (χ2v) is 11.9. The number of aromatic nitrogens is 3. The summed E-state index contributed by atoms with van der Waals surface area (Å²) in [6, 6.07) is 38.0. The van der Waals surface area contributed by atoms with E-state index in [1.165, 1.54) is 22.8 Å². The maximum absolute atomic E-state index is 7.65. The van der Waals surface area contributed by atoms with E-state index in [1.54, 1.807) is 12.3 Å². The predicted octanol–water partition coefficient (Wildman–Crippen LogP) is 9.89. The standard InChI is InChI=1S/C29H27N2O.C11H8N.Ir/c1-18-17-30-26(16-21(18)15-20-10-12-22(13-11-20)29(3,4)5)25-8-6-7-23-24-14-9-19(2)31-28(24)32-27(23)25;1-2-6-10(7-3-1)11-8-4-5-9-12-11;/h6-7,9-14,16-17H,15H2,1-5H3;1-6,8-9H;/q2*-1;/i2D3;;. The van der Waals surface area contributed by atoms with Crippen molar-refractivity contribution in [3.8, 4) is 22.5 Å². The Labute approximate surface area is 283 Å². The Morgan fingerprint density at radius 2 is 1.64 bits per heavy atom. The van der Waals surface area contributed by atoms with E-state index in [0.29, 0.717) is 11.3 Å². The average Bonchev–Trinajstić information content (AvgIpc) is 3.45. The Hall–Kier alpha value is -4.44. The van der Waals surface area contributed by atoms with Crippen LogP contribution < -0.4 is 0 Å². The normalized spacial score (nSPS) is 12.4. The summed E-state index contributed by atoms with van der Waals surface area (Å²) in [5.41, 5.74) is 9.42. The van der Waals surface area contributed by atoms with Crippen molar-refractivity contribution in [3.05, 3.63) is 150 Å². The van der Waals surface area contributed by atoms with Gasteiger partial charge in [-0.25, -0.2) is 4.98 Å². The van der Waals surface area contributed by atoms with Crippen LogP contribution in [0.1, 0.15) is 52.8 Å². The quantitative estimate of drug-likeness (QED) is 0.167. The number of nitrogens with zero attached hydrogens (tertiary/aromatic N) is 3. The first kappa shape index (κ1) is 28.1. The molecule has 1 radical (unpaired) electrons. The van der Waals surface area contributed by atoms with Crippen molar-refractivity contribution >= 4 is 22.1 Å². The van der Waals surface area contributed by atoms with Crippen LogP contribution in [0.5, 0.6) is 0 Å². The summed E-state index contributed by atoms with van der Waals surface area (Å²) >= 11 is 0. The van der Waals surface area contributed by atoms with Crippen molar-refractivity contribution in [2.75, 3.05) is 0 Å². The van der Waals surface area contributed by atoms with Gasteiger partial charge in [0.05, 0.1) is 5.58 Å². The van der Waals surface area contributed by atoms with Gasteiger partial charge in [-0.1, -0.05) is 74.2 Å². The van der Waals surface area contributed by atoms with Crippen LogP contribution in [0.4, 0.5) is 0 Å². The average molecular weight is 769 g/mol. The molecule has 5 heteroatoms. The third-order valence-corrected chi connectivity index (χ3v) is 7.63. The van der Waals surface area contributed by atoms with Gasteiger partial charge in [0.1, 0.15) is 0 Å². The van der Waals surface area contributed by atoms with Crippen LogP contribution in [-0.2, 0) is 31.9 Å². The summed E-state index contributed by atoms with van der Waals surface area (Å²) in [5, 5.41) is 1.63. The minimum atomic E-state index is -2.29. The Kier molecular flexibility index (Phi) is 8.53. The van der Waals surface area contributed by atoms with Crippen LogP contribution in [0.3, 0.4) is 0 Å². The molecule has 0 spiro atoms. The topological polar surface area (TPSA) is 51.8 Å². The van der Waals surface area contributed by atoms with Crippen LogP contribution >= 0.6 is 0 Å². The number of hydrogen-bond donors (Lipinski definition) is 0. The third kappa shape index (κ3) is 7.28. The Morgan fingerprint density at radius 1 is 0.822 bits per heavy atom. The molecule has 0 bridgehead atoms. The molecule has 0 unspecified atom stereocenters. The Balaban J connectivity index is 0.000000291. The van der Waals surface area contributed by atoms with Gasteiger partial charge in [-0.3, -0.25) is 0 Å². The molecule has 7 aromatic rings. The molecule has 45 heavy (non-hydrogen) atoms. The first-order valence-corrected chi connectivity index (χ1v) is 14.7. The van der Waals surface area contributed by atoms with Gasteiger partial charge in [-0.15, -0.1) is 54.1 Å². The molecule has 4 aromatic heterocycles. The minimum absolute atomic E-state index is 0. The molecule has 0 aliphatic carbocycles. The van der Waals surface area contributed by atoms with Crippen molar-refractivity contribution in [2.24, 2.45) is 0 Å². The van der Waals surface area contributed by atoms with E-state index in [-0.39, 0.29) is 31.2 Å². The largest absolute Gasteiger partial charge is 0.486 e. The molecule has 4 nitrogen and oxygen atoms in total. The molecule has 0 atom stereocenters. The molecule has 0 amide bonds. The van der Waals surface area contributed by atoms with Crippen molar-refractivity contribution in [1.29, 1.82) is 0 Å². The predicted molar refractivity (Wildman–Crippen MR) is 180 cm³/mol. The van der Waals surface area contributed by atoms with Gasteiger partial charge in [0.2, 0.25) is 5.71 Å². The summed E-state index contributed by atoms with van der Waals surface area (Å²) in [6.07, 6.45) is 4.47. The molecule has 0 aliphatic rings. The van der Waals surface area contributed by atoms with Gasteiger partial charge in [0, 0.05) is 47.7 Å². The second kappa shape index (κ2) is 13.7. The fourth-order valence-electron chi connectivity index (χ4n) is 5.12. The summed E-state index contributed by atoms with van der Waals surface area (Å²) < 4.78 is 29.0. The number of hydrogen-bond acceptors (Lipinski definition) is 4. The first-order chi connectivity index (χ1) is 22.5. The van der Waals surface area contributed by atoms with Crippen molar-refractivity contribution in [2.45, 2.75) is 46.4 Å². The van der Waals surface area contributed by atoms with E-state index >= 15 is 0 Å². The van der Waals surface area contributed by atoms with Crippen LogP contribution in [0.15, 0.2) is 114 Å². The van der Waals surface area contributed by atoms with Gasteiger partial charge >= 0.3 is 0 Å². The zero-order chi connectivity index (χ0) is 33.2. The van der Waals surface area contributed by atoms with Crippen LogP contribution in [-0.4, -0.2) is 15.0 Å². The number of rotatable bonds is 4. The monoisotopic (exact) mass is 769 g/mol. The van der Waals surface area contributed by atoms with E-state index < -0.39 is 6.85 Å². The van der Waals surface area contributed by atoms with E-state index in [1.807, 2.05) is 60.8 Å². The summed E-state index contributed by atoms with van der Waals surface area (Å²) in [7, 11) is 0. The molecule has 0 aliphatic heterocycles. The van der Waals surface area contributed by atoms with E-state index in [4.69, 9.17) is 8.53 Å². The molecule has 0 fully saturated rings. The molecule has 4 heterocycles. The Morgan fingerprint density at radius 3 is 2.36 bits per heavy atom. The second-order valence-electron chi connectivity index (χ2n) is 11.9. The summed E-state index contributed by atoms with van der Waals surface area (Å²) in [4.78, 5) is 13.2. The van der Waals surface area contributed by atoms with Crippen LogP contribution in [0, 0.1) is 25.9 Å². The third-order valence-electron chi connectivity index (χ3n) is 7.63. The van der Waals surface area contributed by atoms with E-state index in [9.17, 15) is 0 Å². The maximum Gasteiger partial charge on any atom is 0.216 e. The minimum Gasteiger partial charge on any atom is -0.486 e. The number of furan rings is 1. The molecule has 0 saturated carbocycles. The van der Waals surface area contributed by atoms with Gasteiger partial charge in [-0.2, -0.15) is 0 Å². The van der Waals surface area contributed by atoms with Gasteiger partial charge < -0.3 is 14.4 Å². The van der Waals surface area contributed by atoms with Crippen molar-refractivity contribution in [1.82, 2.24) is 15.0 Å². The smallest absolute Gasteiger partial charge is 0.216 e. The van der Waals surface area contributed by atoms with E-state index in [2.05, 4.69) is 85.1 Å². The van der Waals surface area contributed by atoms with Gasteiger partial charge in [0.15, 0.2) is 0 Å². The van der Waals surface area contributed by atoms with Crippen LogP contribution in [0.25, 0.3) is 44.6 Å². The zero-order valence-electron chi connectivity index (χ0n) is 28.7. The number of pyridine rings is 3. The number of fused-ring (bicyclic) bond motifs is 3. The summed E-state index contributed by atoms with van der Waals surface area (Å²) in [5.74, 6) is 0. The molecule has 227 valence electrons. The van der Waals surface area contributed by atoms with Crippen LogP contribution in [0.2, 0.25) is 0 Å². The van der Waals surface area contributed by atoms with Gasteiger partial charge in [-0.05, 0) is 77.5 Å². The SMILES string of the molecule is [2H]C([2H])([2H])c1ccc2c(n1)oc1c(-c3cc(Cc4ccc(C(C)(C)C)cc4)c(C)cn3)[c-]ccc12.[Ir].[c-]1ccccc1-c1ccccn1. The molecule has 7 rings (SSSR count). The number of benzene rings is 3. The fourth-order valence-corrected chi connectivity index (χ4v) is 5.12.